The number of likely N-dealkylation sites (tertiary alicyclic amines) is 1. The smallest absolute Gasteiger partial charge is 0.369 e. The molecule has 0 bridgehead atoms. The zero-order valence-electron chi connectivity index (χ0n) is 13.3. The van der Waals surface area contributed by atoms with Crippen LogP contribution >= 0.6 is 0 Å². The summed E-state index contributed by atoms with van der Waals surface area (Å²) >= 11 is 0. The van der Waals surface area contributed by atoms with Gasteiger partial charge in [0.1, 0.15) is 0 Å². The van der Waals surface area contributed by atoms with E-state index in [1.165, 1.54) is 0 Å². The number of carbonyl (C=O) groups excluding carboxylic acids is 1. The fraction of sp³-hybridized carbons (Fsp3) is 0.533. The number of alkyl halides is 3. The van der Waals surface area contributed by atoms with Crippen molar-refractivity contribution in [2.24, 2.45) is 17.6 Å². The molecule has 1 fully saturated rings. The van der Waals surface area contributed by atoms with Gasteiger partial charge >= 0.3 is 6.18 Å². The van der Waals surface area contributed by atoms with E-state index in [9.17, 15) is 18.0 Å². The van der Waals surface area contributed by atoms with Gasteiger partial charge in [-0.15, -0.1) is 0 Å². The van der Waals surface area contributed by atoms with Crippen molar-refractivity contribution in [1.29, 1.82) is 0 Å². The Hall–Kier alpha value is -2.16. The van der Waals surface area contributed by atoms with E-state index in [0.29, 0.717) is 5.78 Å². The number of hydrogen-bond donors (Lipinski definition) is 1. The molecule has 0 unspecified atom stereocenters. The number of hydrogen-bond acceptors (Lipinski definition) is 4. The van der Waals surface area contributed by atoms with Crippen LogP contribution in [0.25, 0.3) is 5.78 Å². The number of fused-ring (bicyclic) bond motifs is 1. The summed E-state index contributed by atoms with van der Waals surface area (Å²) in [6.45, 7) is 3.74. The number of rotatable bonds is 3. The summed E-state index contributed by atoms with van der Waals surface area (Å²) in [4.78, 5) is 21.5. The first kappa shape index (κ1) is 16.7. The molecule has 0 aliphatic carbocycles. The lowest BCUT2D eigenvalue weighted by atomic mass is 9.95. The fourth-order valence-electron chi connectivity index (χ4n) is 3.37. The molecule has 1 amide bonds. The number of nitrogens with two attached hydrogens (primary N) is 1. The second kappa shape index (κ2) is 5.73. The Kier molecular flexibility index (Phi) is 3.98. The normalized spacial score (nSPS) is 22.4. The first-order valence-corrected chi connectivity index (χ1v) is 7.56. The van der Waals surface area contributed by atoms with E-state index >= 15 is 0 Å². The average Bonchev–Trinajstić information content (AvgIpc) is 3.03. The number of primary amides is 1. The molecule has 2 atom stereocenters. The molecule has 0 radical (unpaired) electrons. The van der Waals surface area contributed by atoms with Gasteiger partial charge in [-0.2, -0.15) is 13.2 Å². The molecule has 1 aliphatic rings. The monoisotopic (exact) mass is 341 g/mol. The van der Waals surface area contributed by atoms with Crippen LogP contribution < -0.4 is 5.73 Å². The molecule has 3 heterocycles. The zero-order valence-corrected chi connectivity index (χ0v) is 13.3. The zero-order chi connectivity index (χ0) is 17.6. The SMILES string of the molecule is Cc1cc(C)n2c(CN3C[C@@H](C(F)(F)F)[C@H](C(N)=O)C3)cnc2n1. The third kappa shape index (κ3) is 2.95. The van der Waals surface area contributed by atoms with Crippen LogP contribution in [0.1, 0.15) is 17.1 Å². The Morgan fingerprint density at radius 3 is 2.67 bits per heavy atom. The van der Waals surface area contributed by atoms with Gasteiger partial charge in [-0.25, -0.2) is 9.97 Å². The van der Waals surface area contributed by atoms with Crippen molar-refractivity contribution < 1.29 is 18.0 Å². The van der Waals surface area contributed by atoms with Crippen molar-refractivity contribution in [3.05, 3.63) is 29.3 Å². The highest BCUT2D eigenvalue weighted by Gasteiger charge is 2.51. The van der Waals surface area contributed by atoms with Crippen molar-refractivity contribution in [2.45, 2.75) is 26.6 Å². The Balaban J connectivity index is 1.86. The van der Waals surface area contributed by atoms with Crippen molar-refractivity contribution in [3.8, 4) is 0 Å². The van der Waals surface area contributed by atoms with Gasteiger partial charge < -0.3 is 5.73 Å². The number of aryl methyl sites for hydroxylation is 2. The maximum absolute atomic E-state index is 13.1. The van der Waals surface area contributed by atoms with E-state index in [-0.39, 0.29) is 19.6 Å². The van der Waals surface area contributed by atoms with Crippen LogP contribution in [0.4, 0.5) is 13.2 Å². The van der Waals surface area contributed by atoms with Gasteiger partial charge in [0.15, 0.2) is 0 Å². The highest BCUT2D eigenvalue weighted by Crippen LogP contribution is 2.37. The minimum Gasteiger partial charge on any atom is -0.369 e. The topological polar surface area (TPSA) is 76.5 Å². The summed E-state index contributed by atoms with van der Waals surface area (Å²) in [5.41, 5.74) is 7.62. The van der Waals surface area contributed by atoms with Gasteiger partial charge in [-0.1, -0.05) is 0 Å². The molecule has 2 N–H and O–H groups in total. The van der Waals surface area contributed by atoms with Gasteiger partial charge in [0.2, 0.25) is 11.7 Å². The molecule has 0 saturated carbocycles. The molecule has 1 saturated heterocycles. The van der Waals surface area contributed by atoms with Crippen molar-refractivity contribution in [1.82, 2.24) is 19.3 Å². The second-order valence-corrected chi connectivity index (χ2v) is 6.27. The van der Waals surface area contributed by atoms with Gasteiger partial charge in [-0.05, 0) is 19.9 Å². The van der Waals surface area contributed by atoms with Crippen LogP contribution in [-0.4, -0.2) is 44.4 Å². The lowest BCUT2D eigenvalue weighted by Crippen LogP contribution is -2.37. The number of carbonyl (C=O) groups is 1. The largest absolute Gasteiger partial charge is 0.393 e. The minimum atomic E-state index is -4.44. The summed E-state index contributed by atoms with van der Waals surface area (Å²) in [5, 5.41) is 0. The maximum atomic E-state index is 13.1. The predicted octanol–water partition coefficient (Wildman–Crippen LogP) is 1.44. The van der Waals surface area contributed by atoms with Crippen LogP contribution in [-0.2, 0) is 11.3 Å². The van der Waals surface area contributed by atoms with Crippen LogP contribution in [0.3, 0.4) is 0 Å². The van der Waals surface area contributed by atoms with Gasteiger partial charge in [0.25, 0.3) is 0 Å². The Morgan fingerprint density at radius 2 is 2.08 bits per heavy atom. The Bertz CT molecular complexity index is 785. The summed E-state index contributed by atoms with van der Waals surface area (Å²) < 4.78 is 41.2. The molecule has 130 valence electrons. The molecule has 1 aliphatic heterocycles. The summed E-state index contributed by atoms with van der Waals surface area (Å²) in [7, 11) is 0. The minimum absolute atomic E-state index is 0.00885. The third-order valence-corrected chi connectivity index (χ3v) is 4.43. The second-order valence-electron chi connectivity index (χ2n) is 6.27. The van der Waals surface area contributed by atoms with Crippen molar-refractivity contribution in [2.75, 3.05) is 13.1 Å². The Morgan fingerprint density at radius 1 is 1.38 bits per heavy atom. The molecule has 24 heavy (non-hydrogen) atoms. The van der Waals surface area contributed by atoms with E-state index in [1.807, 2.05) is 24.3 Å². The van der Waals surface area contributed by atoms with Gasteiger partial charge in [0.05, 0.1) is 23.7 Å². The average molecular weight is 341 g/mol. The predicted molar refractivity (Wildman–Crippen MR) is 80.0 cm³/mol. The molecule has 2 aromatic heterocycles. The summed E-state index contributed by atoms with van der Waals surface area (Å²) in [6, 6.07) is 1.88. The lowest BCUT2D eigenvalue weighted by Gasteiger charge is -2.18. The fourth-order valence-corrected chi connectivity index (χ4v) is 3.37. The molecule has 0 spiro atoms. The van der Waals surface area contributed by atoms with E-state index in [0.717, 1.165) is 17.1 Å². The molecule has 2 aromatic rings. The molecule has 0 aromatic carbocycles. The van der Waals surface area contributed by atoms with Crippen LogP contribution in [0.5, 0.6) is 0 Å². The van der Waals surface area contributed by atoms with E-state index in [2.05, 4.69) is 9.97 Å². The molecular weight excluding hydrogens is 323 g/mol. The van der Waals surface area contributed by atoms with E-state index in [1.54, 1.807) is 11.1 Å². The summed E-state index contributed by atoms with van der Waals surface area (Å²) in [6.07, 6.45) is -2.84. The number of nitrogens with zero attached hydrogens (tertiary/aromatic N) is 4. The lowest BCUT2D eigenvalue weighted by molar-refractivity contribution is -0.182. The third-order valence-electron chi connectivity index (χ3n) is 4.43. The molecule has 9 heteroatoms. The molecule has 3 rings (SSSR count). The van der Waals surface area contributed by atoms with Crippen molar-refractivity contribution >= 4 is 11.7 Å². The first-order chi connectivity index (χ1) is 11.2. The number of imidazole rings is 1. The van der Waals surface area contributed by atoms with Crippen molar-refractivity contribution in [3.63, 3.8) is 0 Å². The van der Waals surface area contributed by atoms with E-state index < -0.39 is 23.9 Å². The van der Waals surface area contributed by atoms with Crippen LogP contribution in [0, 0.1) is 25.7 Å². The van der Waals surface area contributed by atoms with Gasteiger partial charge in [0, 0.05) is 31.0 Å². The van der Waals surface area contributed by atoms with Gasteiger partial charge in [-0.3, -0.25) is 14.1 Å². The standard InChI is InChI=1S/C15H18F3N5O/c1-8-3-9(2)23-10(4-20-14(23)21-8)5-22-6-11(13(19)24)12(7-22)15(16,17)18/h3-4,11-12H,5-7H2,1-2H3,(H2,19,24)/t11-,12-/m1/s1. The number of halogens is 3. The highest BCUT2D eigenvalue weighted by atomic mass is 19.4. The molecule has 6 nitrogen and oxygen atoms in total. The highest BCUT2D eigenvalue weighted by molar-refractivity contribution is 5.77. The maximum Gasteiger partial charge on any atom is 0.393 e. The Labute approximate surface area is 136 Å². The number of amides is 1. The first-order valence-electron chi connectivity index (χ1n) is 7.56. The summed E-state index contributed by atoms with van der Waals surface area (Å²) in [5.74, 6) is -3.34. The van der Waals surface area contributed by atoms with Crippen LogP contribution in [0.15, 0.2) is 12.3 Å². The number of aromatic nitrogens is 3. The molecular formula is C15H18F3N5O. The quantitative estimate of drug-likeness (QED) is 0.917. The van der Waals surface area contributed by atoms with E-state index in [4.69, 9.17) is 5.73 Å². The van der Waals surface area contributed by atoms with Crippen LogP contribution in [0.2, 0.25) is 0 Å².